The third-order valence-electron chi connectivity index (χ3n) is 4.22. The molecular formula is C17H16ClN7. The quantitative estimate of drug-likeness (QED) is 0.571. The number of benzene rings is 1. The monoisotopic (exact) mass is 353 g/mol. The Bertz CT molecular complexity index is 1080. The van der Waals surface area contributed by atoms with Crippen LogP contribution in [0, 0.1) is 6.92 Å². The van der Waals surface area contributed by atoms with Gasteiger partial charge in [0.2, 0.25) is 11.9 Å². The van der Waals surface area contributed by atoms with Crippen LogP contribution in [0.3, 0.4) is 0 Å². The number of hydrogen-bond acceptors (Lipinski definition) is 5. The van der Waals surface area contributed by atoms with Gasteiger partial charge in [-0.15, -0.1) is 0 Å². The van der Waals surface area contributed by atoms with Crippen molar-refractivity contribution in [2.75, 3.05) is 5.73 Å². The molecule has 0 bridgehead atoms. The molecule has 0 spiro atoms. The molecule has 8 heteroatoms. The van der Waals surface area contributed by atoms with Gasteiger partial charge in [0.15, 0.2) is 5.15 Å². The minimum absolute atomic E-state index is 0.270. The highest BCUT2D eigenvalue weighted by Crippen LogP contribution is 2.34. The number of aryl methyl sites for hydroxylation is 2. The first kappa shape index (κ1) is 15.6. The van der Waals surface area contributed by atoms with Crippen LogP contribution in [0.4, 0.5) is 5.95 Å². The van der Waals surface area contributed by atoms with E-state index in [9.17, 15) is 0 Å². The number of pyridine rings is 1. The molecule has 0 aliphatic carbocycles. The van der Waals surface area contributed by atoms with Crippen LogP contribution in [0.15, 0.2) is 36.8 Å². The lowest BCUT2D eigenvalue weighted by atomic mass is 10.0. The van der Waals surface area contributed by atoms with Crippen molar-refractivity contribution in [2.24, 2.45) is 0 Å². The summed E-state index contributed by atoms with van der Waals surface area (Å²) in [4.78, 5) is 13.0. The number of nitrogen functional groups attached to an aromatic ring is 1. The van der Waals surface area contributed by atoms with Gasteiger partial charge in [-0.1, -0.05) is 35.9 Å². The molecule has 0 fully saturated rings. The molecule has 0 amide bonds. The second-order valence-corrected chi connectivity index (χ2v) is 6.02. The molecule has 2 N–H and O–H groups in total. The van der Waals surface area contributed by atoms with E-state index in [1.807, 2.05) is 23.6 Å². The molecule has 25 heavy (non-hydrogen) atoms. The van der Waals surface area contributed by atoms with Crippen molar-refractivity contribution in [1.82, 2.24) is 29.3 Å². The second-order valence-electron chi connectivity index (χ2n) is 5.66. The maximum absolute atomic E-state index is 6.34. The molecule has 3 heterocycles. The molecule has 0 unspecified atom stereocenters. The summed E-state index contributed by atoms with van der Waals surface area (Å²) in [6.45, 7) is 4.77. The van der Waals surface area contributed by atoms with Crippen LogP contribution in [0.25, 0.3) is 28.1 Å². The Kier molecular flexibility index (Phi) is 3.65. The minimum Gasteiger partial charge on any atom is -0.368 e. The molecule has 0 aliphatic rings. The van der Waals surface area contributed by atoms with Crippen molar-refractivity contribution in [3.63, 3.8) is 0 Å². The average Bonchev–Trinajstić information content (AvgIpc) is 3.19. The Labute approximate surface area is 149 Å². The van der Waals surface area contributed by atoms with Gasteiger partial charge in [-0.25, -0.2) is 9.97 Å². The summed E-state index contributed by atoms with van der Waals surface area (Å²) >= 11 is 6.34. The fraction of sp³-hybridized carbons (Fsp3) is 0.176. The summed E-state index contributed by atoms with van der Waals surface area (Å²) in [6.07, 6.45) is 3.19. The summed E-state index contributed by atoms with van der Waals surface area (Å²) in [5, 5.41) is 4.52. The van der Waals surface area contributed by atoms with Gasteiger partial charge in [0.1, 0.15) is 11.8 Å². The zero-order valence-electron chi connectivity index (χ0n) is 13.8. The molecule has 4 aromatic rings. The first-order valence-electron chi connectivity index (χ1n) is 7.88. The van der Waals surface area contributed by atoms with Crippen LogP contribution >= 0.6 is 11.6 Å². The van der Waals surface area contributed by atoms with Gasteiger partial charge in [0.05, 0.1) is 5.52 Å². The molecule has 0 atom stereocenters. The number of imidazole rings is 1. The largest absolute Gasteiger partial charge is 0.368 e. The average molecular weight is 354 g/mol. The predicted molar refractivity (Wildman–Crippen MR) is 97.7 cm³/mol. The third kappa shape index (κ3) is 2.35. The van der Waals surface area contributed by atoms with Gasteiger partial charge >= 0.3 is 0 Å². The third-order valence-corrected chi connectivity index (χ3v) is 4.50. The van der Waals surface area contributed by atoms with Gasteiger partial charge in [-0.3, -0.25) is 0 Å². The molecule has 0 aliphatic heterocycles. The molecule has 4 rings (SSSR count). The smallest absolute Gasteiger partial charge is 0.235 e. The van der Waals surface area contributed by atoms with Crippen molar-refractivity contribution in [2.45, 2.75) is 20.4 Å². The molecular weight excluding hydrogens is 338 g/mol. The number of anilines is 1. The van der Waals surface area contributed by atoms with Crippen molar-refractivity contribution >= 4 is 28.6 Å². The second kappa shape index (κ2) is 5.86. The van der Waals surface area contributed by atoms with E-state index in [4.69, 9.17) is 17.3 Å². The van der Waals surface area contributed by atoms with E-state index in [1.165, 1.54) is 11.0 Å². The van der Waals surface area contributed by atoms with E-state index >= 15 is 0 Å². The summed E-state index contributed by atoms with van der Waals surface area (Å²) in [6, 6.07) is 8.15. The molecule has 0 saturated heterocycles. The Hall–Kier alpha value is -2.93. The number of rotatable bonds is 3. The number of hydrogen-bond donors (Lipinski definition) is 1. The summed E-state index contributed by atoms with van der Waals surface area (Å²) in [7, 11) is 0. The Morgan fingerprint density at radius 2 is 1.96 bits per heavy atom. The maximum atomic E-state index is 6.34. The summed E-state index contributed by atoms with van der Waals surface area (Å²) < 4.78 is 3.52. The standard InChI is InChI=1S/C17H16ClN7/c1-3-24-14-12(11-7-5-4-6-10(11)2)8-20-15(18)13(14)23-17(24)25-16(19)21-9-22-25/h4-9H,3H2,1-2H3,(H2,19,21,22). The first-order chi connectivity index (χ1) is 12.1. The zero-order chi connectivity index (χ0) is 17.6. The highest BCUT2D eigenvalue weighted by atomic mass is 35.5. The SMILES string of the molecule is CCn1c(-n2ncnc2N)nc2c(Cl)ncc(-c3ccccc3C)c21. The molecule has 1 aromatic carbocycles. The first-order valence-corrected chi connectivity index (χ1v) is 8.26. The molecule has 0 saturated carbocycles. The van der Waals surface area contributed by atoms with E-state index in [2.05, 4.69) is 39.1 Å². The minimum atomic E-state index is 0.270. The number of aromatic nitrogens is 6. The van der Waals surface area contributed by atoms with Crippen LogP contribution in [0.2, 0.25) is 5.15 Å². The van der Waals surface area contributed by atoms with E-state index < -0.39 is 0 Å². The van der Waals surface area contributed by atoms with Crippen LogP contribution in [0.5, 0.6) is 0 Å². The summed E-state index contributed by atoms with van der Waals surface area (Å²) in [5.41, 5.74) is 10.6. The van der Waals surface area contributed by atoms with E-state index in [1.54, 1.807) is 6.20 Å². The Morgan fingerprint density at radius 3 is 2.64 bits per heavy atom. The fourth-order valence-electron chi connectivity index (χ4n) is 3.04. The van der Waals surface area contributed by atoms with Crippen molar-refractivity contribution < 1.29 is 0 Å². The lowest BCUT2D eigenvalue weighted by Gasteiger charge is -2.11. The lowest BCUT2D eigenvalue weighted by Crippen LogP contribution is -2.10. The maximum Gasteiger partial charge on any atom is 0.235 e. The van der Waals surface area contributed by atoms with Gasteiger partial charge in [0, 0.05) is 18.3 Å². The fourth-order valence-corrected chi connectivity index (χ4v) is 3.22. The van der Waals surface area contributed by atoms with Gasteiger partial charge < -0.3 is 10.3 Å². The molecule has 3 aromatic heterocycles. The molecule has 0 radical (unpaired) electrons. The number of fused-ring (bicyclic) bond motifs is 1. The van der Waals surface area contributed by atoms with Gasteiger partial charge in [-0.2, -0.15) is 14.8 Å². The Morgan fingerprint density at radius 1 is 1.16 bits per heavy atom. The van der Waals surface area contributed by atoms with Crippen LogP contribution in [0.1, 0.15) is 12.5 Å². The normalized spacial score (nSPS) is 11.3. The highest BCUT2D eigenvalue weighted by Gasteiger charge is 2.21. The lowest BCUT2D eigenvalue weighted by molar-refractivity contribution is 0.706. The zero-order valence-corrected chi connectivity index (χ0v) is 14.6. The Balaban J connectivity index is 2.11. The molecule has 126 valence electrons. The molecule has 7 nitrogen and oxygen atoms in total. The van der Waals surface area contributed by atoms with Crippen molar-refractivity contribution in [3.8, 4) is 17.1 Å². The van der Waals surface area contributed by atoms with Crippen LogP contribution in [-0.2, 0) is 6.54 Å². The van der Waals surface area contributed by atoms with Gasteiger partial charge in [-0.05, 0) is 25.0 Å². The van der Waals surface area contributed by atoms with Crippen LogP contribution < -0.4 is 5.73 Å². The van der Waals surface area contributed by atoms with Crippen LogP contribution in [-0.4, -0.2) is 29.3 Å². The van der Waals surface area contributed by atoms with E-state index in [0.717, 1.165) is 22.2 Å². The van der Waals surface area contributed by atoms with Gasteiger partial charge in [0.25, 0.3) is 0 Å². The predicted octanol–water partition coefficient (Wildman–Crippen LogP) is 3.24. The van der Waals surface area contributed by atoms with Crippen molar-refractivity contribution in [1.29, 1.82) is 0 Å². The number of halogens is 1. The topological polar surface area (TPSA) is 87.4 Å². The van der Waals surface area contributed by atoms with E-state index in [0.29, 0.717) is 23.2 Å². The highest BCUT2D eigenvalue weighted by molar-refractivity contribution is 6.34. The summed E-state index contributed by atoms with van der Waals surface area (Å²) in [5.74, 6) is 0.837. The number of nitrogens with zero attached hydrogens (tertiary/aromatic N) is 6. The number of nitrogens with two attached hydrogens (primary N) is 1. The van der Waals surface area contributed by atoms with Crippen molar-refractivity contribution in [3.05, 3.63) is 47.5 Å². The van der Waals surface area contributed by atoms with E-state index in [-0.39, 0.29) is 5.95 Å².